The van der Waals surface area contributed by atoms with E-state index in [1.54, 1.807) is 0 Å². The Bertz CT molecular complexity index is 1080. The van der Waals surface area contributed by atoms with Gasteiger partial charge in [0.2, 0.25) is 15.9 Å². The third-order valence-corrected chi connectivity index (χ3v) is 7.26. The van der Waals surface area contributed by atoms with Gasteiger partial charge in [0.15, 0.2) is 11.6 Å². The maximum Gasteiger partial charge on any atom is 0.416 e. The number of sulfonamides is 1. The van der Waals surface area contributed by atoms with E-state index in [2.05, 4.69) is 5.32 Å². The van der Waals surface area contributed by atoms with Crippen LogP contribution in [0.25, 0.3) is 0 Å². The van der Waals surface area contributed by atoms with Crippen molar-refractivity contribution in [3.05, 3.63) is 65.2 Å². The molecule has 0 radical (unpaired) electrons. The smallest absolute Gasteiger partial charge is 0.356 e. The Balaban J connectivity index is 1.53. The Morgan fingerprint density at radius 2 is 1.69 bits per heavy atom. The van der Waals surface area contributed by atoms with Crippen LogP contribution in [0.1, 0.15) is 24.0 Å². The average molecular weight is 476 g/mol. The highest BCUT2D eigenvalue weighted by Crippen LogP contribution is 2.32. The van der Waals surface area contributed by atoms with Crippen molar-refractivity contribution in [2.75, 3.05) is 19.6 Å². The minimum Gasteiger partial charge on any atom is -0.356 e. The molecule has 3 rings (SSSR count). The van der Waals surface area contributed by atoms with Gasteiger partial charge >= 0.3 is 6.18 Å². The Morgan fingerprint density at radius 1 is 1.03 bits per heavy atom. The first-order valence-electron chi connectivity index (χ1n) is 9.88. The molecule has 0 aromatic heterocycles. The molecule has 5 nitrogen and oxygen atoms in total. The van der Waals surface area contributed by atoms with Gasteiger partial charge in [0, 0.05) is 25.6 Å². The van der Waals surface area contributed by atoms with Gasteiger partial charge in [-0.25, -0.2) is 17.2 Å². The molecule has 174 valence electrons. The lowest BCUT2D eigenvalue weighted by Gasteiger charge is -2.30. The van der Waals surface area contributed by atoms with Gasteiger partial charge in [0.1, 0.15) is 0 Å². The summed E-state index contributed by atoms with van der Waals surface area (Å²) in [6.45, 7) is 0.0337. The number of alkyl halides is 3. The first-order chi connectivity index (χ1) is 15.0. The molecular formula is C21H21F5N2O3S. The number of piperidine rings is 1. The first-order valence-corrected chi connectivity index (χ1v) is 11.3. The Morgan fingerprint density at radius 3 is 2.31 bits per heavy atom. The number of carbonyl (C=O) groups excluding carboxylic acids is 1. The molecule has 0 unspecified atom stereocenters. The van der Waals surface area contributed by atoms with Gasteiger partial charge in [-0.15, -0.1) is 0 Å². The standard InChI is InChI=1S/C21H21F5N2O3S/c22-18-6-5-16(13-19(18)23)32(30,31)28-11-8-15(9-12-28)20(29)27-10-7-14-3-1-2-4-17(14)21(24,25)26/h1-6,13,15H,7-12H2,(H,27,29). The predicted molar refractivity (Wildman–Crippen MR) is 106 cm³/mol. The fourth-order valence-corrected chi connectivity index (χ4v) is 5.11. The van der Waals surface area contributed by atoms with Crippen molar-refractivity contribution in [2.24, 2.45) is 5.92 Å². The van der Waals surface area contributed by atoms with Crippen molar-refractivity contribution in [3.8, 4) is 0 Å². The van der Waals surface area contributed by atoms with Gasteiger partial charge in [-0.2, -0.15) is 17.5 Å². The molecule has 0 atom stereocenters. The molecule has 32 heavy (non-hydrogen) atoms. The van der Waals surface area contributed by atoms with E-state index in [-0.39, 0.29) is 55.3 Å². The predicted octanol–water partition coefficient (Wildman–Crippen LogP) is 3.74. The molecule has 0 aliphatic carbocycles. The van der Waals surface area contributed by atoms with E-state index >= 15 is 0 Å². The summed E-state index contributed by atoms with van der Waals surface area (Å²) in [5, 5.41) is 2.61. The molecule has 0 saturated carbocycles. The van der Waals surface area contributed by atoms with Crippen LogP contribution in [0, 0.1) is 17.6 Å². The molecule has 0 spiro atoms. The van der Waals surface area contributed by atoms with Crippen LogP contribution in [0.3, 0.4) is 0 Å². The highest BCUT2D eigenvalue weighted by molar-refractivity contribution is 7.89. The van der Waals surface area contributed by atoms with E-state index in [1.165, 1.54) is 18.2 Å². The van der Waals surface area contributed by atoms with E-state index in [4.69, 9.17) is 0 Å². The summed E-state index contributed by atoms with van der Waals surface area (Å²) in [5.41, 5.74) is -0.669. The molecule has 11 heteroatoms. The normalized spacial score (nSPS) is 16.2. The fourth-order valence-electron chi connectivity index (χ4n) is 3.62. The molecule has 1 aliphatic heterocycles. The molecule has 1 N–H and O–H groups in total. The number of halogens is 5. The Kier molecular flexibility index (Phi) is 7.19. The van der Waals surface area contributed by atoms with Crippen LogP contribution in [0.15, 0.2) is 47.4 Å². The van der Waals surface area contributed by atoms with Crippen LogP contribution < -0.4 is 5.32 Å². The third-order valence-electron chi connectivity index (χ3n) is 5.37. The highest BCUT2D eigenvalue weighted by atomic mass is 32.2. The van der Waals surface area contributed by atoms with Crippen molar-refractivity contribution in [2.45, 2.75) is 30.3 Å². The average Bonchev–Trinajstić information content (AvgIpc) is 2.75. The van der Waals surface area contributed by atoms with Gasteiger partial charge in [-0.05, 0) is 49.1 Å². The summed E-state index contributed by atoms with van der Waals surface area (Å²) in [7, 11) is -4.03. The molecule has 1 heterocycles. The minimum absolute atomic E-state index is 0.00474. The minimum atomic E-state index is -4.48. The summed E-state index contributed by atoms with van der Waals surface area (Å²) in [6, 6.07) is 7.46. The quantitative estimate of drug-likeness (QED) is 0.646. The van der Waals surface area contributed by atoms with Gasteiger partial charge in [-0.1, -0.05) is 18.2 Å². The van der Waals surface area contributed by atoms with E-state index in [0.717, 1.165) is 22.5 Å². The number of benzene rings is 2. The fraction of sp³-hybridized carbons (Fsp3) is 0.381. The second kappa shape index (κ2) is 9.53. The summed E-state index contributed by atoms with van der Waals surface area (Å²) in [5.74, 6) is -3.28. The van der Waals surface area contributed by atoms with Crippen LogP contribution in [-0.4, -0.2) is 38.3 Å². The molecule has 1 aliphatic rings. The number of carbonyl (C=O) groups is 1. The summed E-state index contributed by atoms with van der Waals surface area (Å²) in [6.07, 6.45) is -4.07. The lowest BCUT2D eigenvalue weighted by Crippen LogP contribution is -2.43. The topological polar surface area (TPSA) is 66.5 Å². The van der Waals surface area contributed by atoms with Crippen LogP contribution >= 0.6 is 0 Å². The number of hydrogen-bond donors (Lipinski definition) is 1. The zero-order valence-electron chi connectivity index (χ0n) is 16.8. The molecule has 2 aromatic rings. The largest absolute Gasteiger partial charge is 0.416 e. The summed E-state index contributed by atoms with van der Waals surface area (Å²) in [4.78, 5) is 12.0. The number of hydrogen-bond acceptors (Lipinski definition) is 3. The van der Waals surface area contributed by atoms with E-state index in [9.17, 15) is 35.2 Å². The van der Waals surface area contributed by atoms with Crippen LogP contribution in [0.2, 0.25) is 0 Å². The van der Waals surface area contributed by atoms with Crippen LogP contribution in [0.5, 0.6) is 0 Å². The Labute approximate surface area is 182 Å². The first kappa shape index (κ1) is 24.1. The van der Waals surface area contributed by atoms with E-state index in [1.807, 2.05) is 0 Å². The Hall–Kier alpha value is -2.53. The lowest BCUT2D eigenvalue weighted by molar-refractivity contribution is -0.138. The van der Waals surface area contributed by atoms with Crippen LogP contribution in [0.4, 0.5) is 22.0 Å². The SMILES string of the molecule is O=C(NCCc1ccccc1C(F)(F)F)C1CCN(S(=O)(=O)c2ccc(F)c(F)c2)CC1. The number of nitrogens with zero attached hydrogens (tertiary/aromatic N) is 1. The number of nitrogens with one attached hydrogen (secondary N) is 1. The van der Waals surface area contributed by atoms with Crippen molar-refractivity contribution >= 4 is 15.9 Å². The van der Waals surface area contributed by atoms with Gasteiger partial charge in [0.05, 0.1) is 10.5 Å². The summed E-state index contributed by atoms with van der Waals surface area (Å²) < 4.78 is 91.9. The van der Waals surface area contributed by atoms with Crippen molar-refractivity contribution in [1.29, 1.82) is 0 Å². The molecule has 1 fully saturated rings. The van der Waals surface area contributed by atoms with Gasteiger partial charge in [0.25, 0.3) is 0 Å². The number of rotatable bonds is 6. The van der Waals surface area contributed by atoms with E-state index in [0.29, 0.717) is 6.07 Å². The molecular weight excluding hydrogens is 455 g/mol. The number of amides is 1. The summed E-state index contributed by atoms with van der Waals surface area (Å²) >= 11 is 0. The third kappa shape index (κ3) is 5.44. The molecule has 1 amide bonds. The second-order valence-electron chi connectivity index (χ2n) is 7.45. The molecule has 0 bridgehead atoms. The van der Waals surface area contributed by atoms with E-state index < -0.39 is 39.3 Å². The second-order valence-corrected chi connectivity index (χ2v) is 9.39. The molecule has 2 aromatic carbocycles. The van der Waals surface area contributed by atoms with Gasteiger partial charge < -0.3 is 5.32 Å². The maximum atomic E-state index is 13.4. The zero-order chi connectivity index (χ0) is 23.5. The zero-order valence-corrected chi connectivity index (χ0v) is 17.6. The van der Waals surface area contributed by atoms with Crippen molar-refractivity contribution in [1.82, 2.24) is 9.62 Å². The maximum absolute atomic E-state index is 13.4. The van der Waals surface area contributed by atoms with Crippen LogP contribution in [-0.2, 0) is 27.4 Å². The highest BCUT2D eigenvalue weighted by Gasteiger charge is 2.34. The van der Waals surface area contributed by atoms with Gasteiger partial charge in [-0.3, -0.25) is 4.79 Å². The van der Waals surface area contributed by atoms with Crippen molar-refractivity contribution in [3.63, 3.8) is 0 Å². The molecule has 1 saturated heterocycles. The van der Waals surface area contributed by atoms with Crippen molar-refractivity contribution < 1.29 is 35.2 Å². The monoisotopic (exact) mass is 476 g/mol. The lowest BCUT2D eigenvalue weighted by atomic mass is 9.97.